The molecule has 0 fully saturated rings. The van der Waals surface area contributed by atoms with Gasteiger partial charge in [0.2, 0.25) is 0 Å². The fourth-order valence-electron chi connectivity index (χ4n) is 2.36. The quantitative estimate of drug-likeness (QED) is 0.712. The fourth-order valence-corrected chi connectivity index (χ4v) is 2.52. The van der Waals surface area contributed by atoms with E-state index in [1.165, 1.54) is 4.57 Å². The molecule has 0 aliphatic carbocycles. The Morgan fingerprint density at radius 1 is 1.23 bits per heavy atom. The van der Waals surface area contributed by atoms with Crippen LogP contribution in [-0.2, 0) is 6.54 Å². The summed E-state index contributed by atoms with van der Waals surface area (Å²) in [6.45, 7) is 2.11. The first-order valence-electron chi connectivity index (χ1n) is 6.62. The van der Waals surface area contributed by atoms with Crippen LogP contribution >= 0.6 is 12.6 Å². The standard InChI is InChI=1S/C16H13NO4S/c1-9-7-11-12(13(18)14(22)16(20)21-11)15(19)17(9)8-10-5-3-2-4-6-10/h2-7,18,22H,8H2,1H3. The van der Waals surface area contributed by atoms with Crippen LogP contribution in [0.25, 0.3) is 11.0 Å². The van der Waals surface area contributed by atoms with Crippen molar-refractivity contribution in [1.82, 2.24) is 4.57 Å². The molecule has 2 heterocycles. The van der Waals surface area contributed by atoms with Crippen LogP contribution in [0.4, 0.5) is 0 Å². The maximum atomic E-state index is 12.6. The fraction of sp³-hybridized carbons (Fsp3) is 0.125. The van der Waals surface area contributed by atoms with E-state index in [-0.39, 0.29) is 15.9 Å². The highest BCUT2D eigenvalue weighted by Gasteiger charge is 2.17. The first-order valence-corrected chi connectivity index (χ1v) is 7.07. The van der Waals surface area contributed by atoms with Gasteiger partial charge in [-0.25, -0.2) is 4.79 Å². The van der Waals surface area contributed by atoms with Crippen molar-refractivity contribution in [1.29, 1.82) is 0 Å². The molecule has 1 aromatic carbocycles. The number of fused-ring (bicyclic) bond motifs is 1. The molecule has 0 saturated carbocycles. The van der Waals surface area contributed by atoms with Gasteiger partial charge in [0.1, 0.15) is 15.9 Å². The molecule has 22 heavy (non-hydrogen) atoms. The van der Waals surface area contributed by atoms with Gasteiger partial charge in [-0.1, -0.05) is 30.3 Å². The molecule has 0 spiro atoms. The number of thiol groups is 1. The smallest absolute Gasteiger partial charge is 0.353 e. The molecule has 6 heteroatoms. The molecule has 0 aliphatic rings. The Morgan fingerprint density at radius 2 is 1.91 bits per heavy atom. The minimum absolute atomic E-state index is 0.0360. The third kappa shape index (κ3) is 2.31. The highest BCUT2D eigenvalue weighted by atomic mass is 32.1. The van der Waals surface area contributed by atoms with E-state index < -0.39 is 16.9 Å². The zero-order valence-electron chi connectivity index (χ0n) is 11.7. The van der Waals surface area contributed by atoms with Gasteiger partial charge in [0.15, 0.2) is 5.75 Å². The van der Waals surface area contributed by atoms with E-state index in [2.05, 4.69) is 12.6 Å². The van der Waals surface area contributed by atoms with Crippen molar-refractivity contribution in [2.24, 2.45) is 0 Å². The summed E-state index contributed by atoms with van der Waals surface area (Å²) in [7, 11) is 0. The molecular weight excluding hydrogens is 302 g/mol. The molecule has 0 saturated heterocycles. The van der Waals surface area contributed by atoms with Crippen LogP contribution in [-0.4, -0.2) is 9.67 Å². The van der Waals surface area contributed by atoms with Crippen LogP contribution in [0.2, 0.25) is 0 Å². The molecule has 5 nitrogen and oxygen atoms in total. The Hall–Kier alpha value is -2.47. The second-order valence-electron chi connectivity index (χ2n) is 4.99. The van der Waals surface area contributed by atoms with Crippen molar-refractivity contribution in [2.75, 3.05) is 0 Å². The number of rotatable bonds is 2. The number of aromatic nitrogens is 1. The van der Waals surface area contributed by atoms with E-state index in [0.29, 0.717) is 12.2 Å². The number of nitrogens with zero attached hydrogens (tertiary/aromatic N) is 1. The Morgan fingerprint density at radius 3 is 2.59 bits per heavy atom. The van der Waals surface area contributed by atoms with Crippen LogP contribution in [0, 0.1) is 6.92 Å². The zero-order chi connectivity index (χ0) is 15.9. The molecule has 3 aromatic rings. The zero-order valence-corrected chi connectivity index (χ0v) is 12.6. The van der Waals surface area contributed by atoms with Gasteiger partial charge in [0.05, 0.1) is 6.54 Å². The van der Waals surface area contributed by atoms with Crippen molar-refractivity contribution >= 4 is 23.6 Å². The SMILES string of the molecule is Cc1cc2oc(=O)c(S)c(O)c2c(=O)n1Cc1ccccc1. The molecule has 0 unspecified atom stereocenters. The lowest BCUT2D eigenvalue weighted by Crippen LogP contribution is -2.24. The van der Waals surface area contributed by atoms with Crippen LogP contribution in [0.3, 0.4) is 0 Å². The van der Waals surface area contributed by atoms with E-state index >= 15 is 0 Å². The summed E-state index contributed by atoms with van der Waals surface area (Å²) < 4.78 is 6.55. The number of hydrogen-bond acceptors (Lipinski definition) is 5. The summed E-state index contributed by atoms with van der Waals surface area (Å²) in [5, 5.41) is 10.0. The van der Waals surface area contributed by atoms with Crippen LogP contribution in [0.5, 0.6) is 5.75 Å². The summed E-state index contributed by atoms with van der Waals surface area (Å²) in [4.78, 5) is 23.9. The first-order chi connectivity index (χ1) is 10.5. The van der Waals surface area contributed by atoms with Gasteiger partial charge in [-0.05, 0) is 12.5 Å². The largest absolute Gasteiger partial charge is 0.506 e. The molecule has 0 atom stereocenters. The predicted octanol–water partition coefficient (Wildman–Crippen LogP) is 2.31. The summed E-state index contributed by atoms with van der Waals surface area (Å²) in [6, 6.07) is 11.1. The molecular formula is C16H13NO4S. The molecule has 0 radical (unpaired) electrons. The van der Waals surface area contributed by atoms with Crippen LogP contribution in [0.15, 0.2) is 55.3 Å². The molecule has 2 aromatic heterocycles. The van der Waals surface area contributed by atoms with Crippen molar-refractivity contribution in [2.45, 2.75) is 18.4 Å². The van der Waals surface area contributed by atoms with Gasteiger partial charge in [-0.15, -0.1) is 12.6 Å². The van der Waals surface area contributed by atoms with E-state index in [9.17, 15) is 14.7 Å². The van der Waals surface area contributed by atoms with Gasteiger partial charge >= 0.3 is 5.63 Å². The molecule has 3 rings (SSSR count). The third-order valence-corrected chi connectivity index (χ3v) is 3.91. The monoisotopic (exact) mass is 315 g/mol. The van der Waals surface area contributed by atoms with Crippen molar-refractivity contribution < 1.29 is 9.52 Å². The van der Waals surface area contributed by atoms with Crippen LogP contribution in [0.1, 0.15) is 11.3 Å². The summed E-state index contributed by atoms with van der Waals surface area (Å²) in [5.41, 5.74) is 0.460. The van der Waals surface area contributed by atoms with Gasteiger partial charge < -0.3 is 14.1 Å². The first kappa shape index (κ1) is 14.5. The number of benzene rings is 1. The van der Waals surface area contributed by atoms with Crippen molar-refractivity contribution in [3.63, 3.8) is 0 Å². The second kappa shape index (κ2) is 5.38. The number of hydrogen-bond donors (Lipinski definition) is 2. The topological polar surface area (TPSA) is 72.4 Å². The summed E-state index contributed by atoms with van der Waals surface area (Å²) in [6.07, 6.45) is 0. The summed E-state index contributed by atoms with van der Waals surface area (Å²) >= 11 is 3.89. The van der Waals surface area contributed by atoms with Crippen molar-refractivity contribution in [3.8, 4) is 5.75 Å². The molecule has 1 N–H and O–H groups in total. The van der Waals surface area contributed by atoms with Crippen LogP contribution < -0.4 is 11.2 Å². The highest BCUT2D eigenvalue weighted by molar-refractivity contribution is 7.80. The lowest BCUT2D eigenvalue weighted by molar-refractivity contribution is 0.446. The maximum Gasteiger partial charge on any atom is 0.353 e. The lowest BCUT2D eigenvalue weighted by atomic mass is 10.2. The Labute approximate surface area is 130 Å². The van der Waals surface area contributed by atoms with E-state index in [1.807, 2.05) is 30.3 Å². The number of pyridine rings is 1. The average molecular weight is 315 g/mol. The van der Waals surface area contributed by atoms with Gasteiger partial charge in [-0.2, -0.15) is 0 Å². The van der Waals surface area contributed by atoms with E-state index in [1.54, 1.807) is 13.0 Å². The number of aryl methyl sites for hydroxylation is 1. The lowest BCUT2D eigenvalue weighted by Gasteiger charge is -2.12. The van der Waals surface area contributed by atoms with Gasteiger partial charge in [0.25, 0.3) is 5.56 Å². The number of aromatic hydroxyl groups is 1. The Kier molecular flexibility index (Phi) is 3.54. The highest BCUT2D eigenvalue weighted by Crippen LogP contribution is 2.26. The van der Waals surface area contributed by atoms with E-state index in [4.69, 9.17) is 4.42 Å². The molecule has 0 aliphatic heterocycles. The molecule has 0 amide bonds. The predicted molar refractivity (Wildman–Crippen MR) is 85.9 cm³/mol. The Bertz CT molecular complexity index is 973. The molecule has 112 valence electrons. The van der Waals surface area contributed by atoms with Gasteiger partial charge in [0, 0.05) is 11.8 Å². The minimum atomic E-state index is -0.770. The van der Waals surface area contributed by atoms with E-state index in [0.717, 1.165) is 5.56 Å². The normalized spacial score (nSPS) is 11.0. The minimum Gasteiger partial charge on any atom is -0.506 e. The average Bonchev–Trinajstić information content (AvgIpc) is 2.50. The maximum absolute atomic E-state index is 12.6. The Balaban J connectivity index is 2.29. The van der Waals surface area contributed by atoms with Gasteiger partial charge in [-0.3, -0.25) is 4.79 Å². The van der Waals surface area contributed by atoms with Crippen molar-refractivity contribution in [3.05, 3.63) is 68.4 Å². The third-order valence-electron chi connectivity index (χ3n) is 3.51. The second-order valence-corrected chi connectivity index (χ2v) is 5.44. The summed E-state index contributed by atoms with van der Waals surface area (Å²) in [5.74, 6) is -0.443. The molecule has 0 bridgehead atoms.